The number of thiophene rings is 1. The Morgan fingerprint density at radius 2 is 1.85 bits per heavy atom. The zero-order valence-corrected chi connectivity index (χ0v) is 16.3. The normalized spacial score (nSPS) is 11.1. The predicted molar refractivity (Wildman–Crippen MR) is 107 cm³/mol. The van der Waals surface area contributed by atoms with Gasteiger partial charge < -0.3 is 15.1 Å². The molecule has 0 bridgehead atoms. The Kier molecular flexibility index (Phi) is 5.49. The SMILES string of the molecule is CN(C)Cc1nc(NCC(=O)N(C)C)c2c(-c3ccccc3)csc2n1. The van der Waals surface area contributed by atoms with Gasteiger partial charge in [0.05, 0.1) is 18.5 Å². The largest absolute Gasteiger partial charge is 0.360 e. The lowest BCUT2D eigenvalue weighted by atomic mass is 10.1. The van der Waals surface area contributed by atoms with Crippen molar-refractivity contribution in [2.75, 3.05) is 40.1 Å². The van der Waals surface area contributed by atoms with Gasteiger partial charge in [-0.25, -0.2) is 9.97 Å². The number of hydrogen-bond donors (Lipinski definition) is 1. The molecule has 1 aromatic carbocycles. The van der Waals surface area contributed by atoms with E-state index in [1.54, 1.807) is 30.3 Å². The monoisotopic (exact) mass is 369 g/mol. The molecule has 0 atom stereocenters. The first-order valence-corrected chi connectivity index (χ1v) is 9.26. The van der Waals surface area contributed by atoms with E-state index in [1.165, 1.54) is 0 Å². The molecule has 0 saturated carbocycles. The zero-order chi connectivity index (χ0) is 18.7. The summed E-state index contributed by atoms with van der Waals surface area (Å²) in [4.78, 5) is 26.0. The summed E-state index contributed by atoms with van der Waals surface area (Å²) < 4.78 is 0. The number of carbonyl (C=O) groups is 1. The van der Waals surface area contributed by atoms with Crippen LogP contribution in [-0.4, -0.2) is 60.4 Å². The van der Waals surface area contributed by atoms with Crippen molar-refractivity contribution in [3.05, 3.63) is 41.5 Å². The van der Waals surface area contributed by atoms with Gasteiger partial charge in [-0.15, -0.1) is 11.3 Å². The highest BCUT2D eigenvalue weighted by Crippen LogP contribution is 2.36. The topological polar surface area (TPSA) is 61.4 Å². The maximum absolute atomic E-state index is 12.0. The minimum absolute atomic E-state index is 0.00223. The van der Waals surface area contributed by atoms with Gasteiger partial charge in [-0.05, 0) is 19.7 Å². The van der Waals surface area contributed by atoms with Gasteiger partial charge in [-0.3, -0.25) is 4.79 Å². The average Bonchev–Trinajstić information content (AvgIpc) is 3.03. The van der Waals surface area contributed by atoms with E-state index in [9.17, 15) is 4.79 Å². The van der Waals surface area contributed by atoms with Crippen molar-refractivity contribution >= 4 is 33.3 Å². The van der Waals surface area contributed by atoms with Crippen molar-refractivity contribution in [1.29, 1.82) is 0 Å². The maximum atomic E-state index is 12.0. The van der Waals surface area contributed by atoms with Gasteiger partial charge >= 0.3 is 0 Å². The number of nitrogens with one attached hydrogen (secondary N) is 1. The second-order valence-electron chi connectivity index (χ2n) is 6.56. The van der Waals surface area contributed by atoms with Gasteiger partial charge in [0.1, 0.15) is 16.5 Å². The van der Waals surface area contributed by atoms with E-state index < -0.39 is 0 Å². The first-order valence-electron chi connectivity index (χ1n) is 8.38. The van der Waals surface area contributed by atoms with Crippen molar-refractivity contribution in [3.8, 4) is 11.1 Å². The summed E-state index contributed by atoms with van der Waals surface area (Å²) in [5.74, 6) is 1.45. The van der Waals surface area contributed by atoms with Crippen LogP contribution in [0.1, 0.15) is 5.82 Å². The van der Waals surface area contributed by atoms with Crippen LogP contribution in [0.15, 0.2) is 35.7 Å². The lowest BCUT2D eigenvalue weighted by Gasteiger charge is -2.14. The first kappa shape index (κ1) is 18.3. The molecule has 3 aromatic rings. The Morgan fingerprint density at radius 3 is 2.50 bits per heavy atom. The highest BCUT2D eigenvalue weighted by atomic mass is 32.1. The van der Waals surface area contributed by atoms with Crippen LogP contribution in [0.2, 0.25) is 0 Å². The summed E-state index contributed by atoms with van der Waals surface area (Å²) in [6, 6.07) is 10.2. The number of nitrogens with zero attached hydrogens (tertiary/aromatic N) is 4. The average molecular weight is 369 g/mol. The second-order valence-corrected chi connectivity index (χ2v) is 7.42. The number of likely N-dealkylation sites (N-methyl/N-ethyl adjacent to an activating group) is 1. The summed E-state index contributed by atoms with van der Waals surface area (Å²) in [7, 11) is 7.47. The molecular weight excluding hydrogens is 346 g/mol. The second kappa shape index (κ2) is 7.80. The van der Waals surface area contributed by atoms with Gasteiger partial charge in [0, 0.05) is 25.0 Å². The summed E-state index contributed by atoms with van der Waals surface area (Å²) in [6.07, 6.45) is 0. The third-order valence-corrected chi connectivity index (χ3v) is 4.80. The van der Waals surface area contributed by atoms with Crippen LogP contribution in [-0.2, 0) is 11.3 Å². The number of benzene rings is 1. The molecular formula is C19H23N5OS. The molecule has 2 aromatic heterocycles. The van der Waals surface area contributed by atoms with Crippen LogP contribution in [0.4, 0.5) is 5.82 Å². The predicted octanol–water partition coefficient (Wildman–Crippen LogP) is 2.92. The molecule has 0 saturated heterocycles. The third-order valence-electron chi connectivity index (χ3n) is 3.93. The number of aromatic nitrogens is 2. The van der Waals surface area contributed by atoms with E-state index in [1.807, 2.05) is 37.2 Å². The number of amides is 1. The number of carbonyl (C=O) groups excluding carboxylic acids is 1. The van der Waals surface area contributed by atoms with E-state index in [0.29, 0.717) is 12.4 Å². The Bertz CT molecular complexity index is 905. The number of rotatable bonds is 6. The molecule has 136 valence electrons. The summed E-state index contributed by atoms with van der Waals surface area (Å²) in [5.41, 5.74) is 2.20. The van der Waals surface area contributed by atoms with Gasteiger partial charge in [0.15, 0.2) is 0 Å². The number of hydrogen-bond acceptors (Lipinski definition) is 6. The third kappa shape index (κ3) is 4.00. The van der Waals surface area contributed by atoms with E-state index in [0.717, 1.165) is 27.2 Å². The van der Waals surface area contributed by atoms with E-state index in [4.69, 9.17) is 9.97 Å². The lowest BCUT2D eigenvalue weighted by Crippen LogP contribution is -2.29. The van der Waals surface area contributed by atoms with E-state index >= 15 is 0 Å². The quantitative estimate of drug-likeness (QED) is 0.724. The van der Waals surface area contributed by atoms with Crippen LogP contribution in [0.3, 0.4) is 0 Å². The standard InChI is InChI=1S/C19H23N5OS/c1-23(2)11-15-21-18(20-10-16(25)24(3)4)17-14(12-26-19(17)22-15)13-8-6-5-7-9-13/h5-9,12H,10-11H2,1-4H3,(H,20,21,22). The van der Waals surface area contributed by atoms with E-state index in [2.05, 4.69) is 22.8 Å². The van der Waals surface area contributed by atoms with Gasteiger partial charge in [0.25, 0.3) is 0 Å². The van der Waals surface area contributed by atoms with Gasteiger partial charge in [-0.2, -0.15) is 0 Å². The molecule has 0 unspecified atom stereocenters. The lowest BCUT2D eigenvalue weighted by molar-refractivity contribution is -0.126. The minimum Gasteiger partial charge on any atom is -0.360 e. The minimum atomic E-state index is 0.00223. The fraction of sp³-hybridized carbons (Fsp3) is 0.316. The van der Waals surface area contributed by atoms with Crippen LogP contribution in [0.25, 0.3) is 21.3 Å². The van der Waals surface area contributed by atoms with Crippen molar-refractivity contribution in [1.82, 2.24) is 19.8 Å². The Balaban J connectivity index is 2.07. The fourth-order valence-corrected chi connectivity index (χ4v) is 3.58. The summed E-state index contributed by atoms with van der Waals surface area (Å²) >= 11 is 1.60. The molecule has 0 aliphatic carbocycles. The Morgan fingerprint density at radius 1 is 1.12 bits per heavy atom. The molecule has 1 amide bonds. The smallest absolute Gasteiger partial charge is 0.241 e. The summed E-state index contributed by atoms with van der Waals surface area (Å²) in [6.45, 7) is 0.843. The van der Waals surface area contributed by atoms with Crippen LogP contribution < -0.4 is 5.32 Å². The molecule has 1 N–H and O–H groups in total. The molecule has 2 heterocycles. The molecule has 3 rings (SSSR count). The molecule has 7 heteroatoms. The number of fused-ring (bicyclic) bond motifs is 1. The molecule has 0 radical (unpaired) electrons. The van der Waals surface area contributed by atoms with Crippen molar-refractivity contribution < 1.29 is 4.79 Å². The molecule has 26 heavy (non-hydrogen) atoms. The fourth-order valence-electron chi connectivity index (χ4n) is 2.62. The van der Waals surface area contributed by atoms with Crippen LogP contribution >= 0.6 is 11.3 Å². The Hall–Kier alpha value is -2.51. The molecule has 0 spiro atoms. The Labute approximate surface area is 157 Å². The van der Waals surface area contributed by atoms with Gasteiger partial charge in [0.2, 0.25) is 5.91 Å². The highest BCUT2D eigenvalue weighted by Gasteiger charge is 2.16. The molecule has 0 fully saturated rings. The van der Waals surface area contributed by atoms with E-state index in [-0.39, 0.29) is 12.5 Å². The first-order chi connectivity index (χ1) is 12.5. The van der Waals surface area contributed by atoms with Crippen molar-refractivity contribution in [3.63, 3.8) is 0 Å². The zero-order valence-electron chi connectivity index (χ0n) is 15.5. The van der Waals surface area contributed by atoms with Crippen molar-refractivity contribution in [2.45, 2.75) is 6.54 Å². The molecule has 0 aliphatic rings. The summed E-state index contributed by atoms with van der Waals surface area (Å²) in [5, 5.41) is 6.30. The van der Waals surface area contributed by atoms with Crippen LogP contribution in [0, 0.1) is 0 Å². The highest BCUT2D eigenvalue weighted by molar-refractivity contribution is 7.17. The van der Waals surface area contributed by atoms with Crippen LogP contribution in [0.5, 0.6) is 0 Å². The number of anilines is 1. The van der Waals surface area contributed by atoms with Crippen molar-refractivity contribution in [2.24, 2.45) is 0 Å². The molecule has 0 aliphatic heterocycles. The maximum Gasteiger partial charge on any atom is 0.241 e. The molecule has 6 nitrogen and oxygen atoms in total. The van der Waals surface area contributed by atoms with Gasteiger partial charge in [-0.1, -0.05) is 30.3 Å².